The van der Waals surface area contributed by atoms with Crippen molar-refractivity contribution >= 4 is 5.69 Å². The molecule has 118 valence electrons. The molecule has 0 aromatic heterocycles. The lowest BCUT2D eigenvalue weighted by atomic mass is 9.89. The third kappa shape index (κ3) is 3.60. The molecule has 0 spiro atoms. The van der Waals surface area contributed by atoms with E-state index in [0.29, 0.717) is 18.1 Å². The molecule has 2 aliphatic rings. The molecular weight excluding hydrogens is 272 g/mol. The molecule has 3 rings (SSSR count). The molecule has 3 unspecified atom stereocenters. The van der Waals surface area contributed by atoms with Crippen LogP contribution in [-0.2, 0) is 0 Å². The number of hydrogen-bond acceptors (Lipinski definition) is 4. The Kier molecular flexibility index (Phi) is 4.97. The number of nitriles is 1. The normalized spacial score (nSPS) is 29.1. The van der Waals surface area contributed by atoms with Crippen LogP contribution in [0.5, 0.6) is 0 Å². The Balaban J connectivity index is 1.60. The molecule has 1 aliphatic heterocycles. The van der Waals surface area contributed by atoms with Crippen LogP contribution in [0.4, 0.5) is 5.69 Å². The molecular formula is C18H26N4. The molecule has 2 fully saturated rings. The summed E-state index contributed by atoms with van der Waals surface area (Å²) in [5.74, 6) is 0. The van der Waals surface area contributed by atoms with Gasteiger partial charge in [-0.2, -0.15) is 5.26 Å². The SMILES string of the molecule is N#Cc1ccc(N2CCCC(NC3CCCCC3N)C2)cc1. The van der Waals surface area contributed by atoms with Crippen LogP contribution in [0.25, 0.3) is 0 Å². The molecule has 4 heteroatoms. The van der Waals surface area contributed by atoms with E-state index in [0.717, 1.165) is 25.1 Å². The van der Waals surface area contributed by atoms with Crippen molar-refractivity contribution in [2.24, 2.45) is 5.73 Å². The largest absolute Gasteiger partial charge is 0.370 e. The fourth-order valence-electron chi connectivity index (χ4n) is 3.76. The van der Waals surface area contributed by atoms with E-state index in [4.69, 9.17) is 11.0 Å². The van der Waals surface area contributed by atoms with Crippen LogP contribution >= 0.6 is 0 Å². The molecule has 1 aliphatic carbocycles. The Morgan fingerprint density at radius 3 is 2.59 bits per heavy atom. The highest BCUT2D eigenvalue weighted by molar-refractivity contribution is 5.50. The second-order valence-corrected chi connectivity index (χ2v) is 6.67. The van der Waals surface area contributed by atoms with E-state index < -0.39 is 0 Å². The van der Waals surface area contributed by atoms with Crippen LogP contribution in [0.2, 0.25) is 0 Å². The Bertz CT molecular complexity index is 519. The van der Waals surface area contributed by atoms with E-state index >= 15 is 0 Å². The monoisotopic (exact) mass is 298 g/mol. The first-order chi connectivity index (χ1) is 10.8. The zero-order valence-electron chi connectivity index (χ0n) is 13.2. The van der Waals surface area contributed by atoms with E-state index in [2.05, 4.69) is 28.4 Å². The van der Waals surface area contributed by atoms with E-state index in [1.165, 1.54) is 37.8 Å². The molecule has 0 amide bonds. The van der Waals surface area contributed by atoms with Crippen LogP contribution in [-0.4, -0.2) is 31.2 Å². The number of anilines is 1. The highest BCUT2D eigenvalue weighted by Gasteiger charge is 2.27. The number of hydrogen-bond donors (Lipinski definition) is 2. The highest BCUT2D eigenvalue weighted by atomic mass is 15.2. The van der Waals surface area contributed by atoms with Crippen molar-refractivity contribution in [2.45, 2.75) is 56.7 Å². The summed E-state index contributed by atoms with van der Waals surface area (Å²) < 4.78 is 0. The summed E-state index contributed by atoms with van der Waals surface area (Å²) in [6, 6.07) is 11.4. The fraction of sp³-hybridized carbons (Fsp3) is 0.611. The Labute approximate surface area is 133 Å². The molecule has 1 aromatic carbocycles. The summed E-state index contributed by atoms with van der Waals surface area (Å²) in [6.07, 6.45) is 7.40. The predicted octanol–water partition coefficient (Wildman–Crippen LogP) is 2.39. The second kappa shape index (κ2) is 7.13. The molecule has 22 heavy (non-hydrogen) atoms. The summed E-state index contributed by atoms with van der Waals surface area (Å²) >= 11 is 0. The quantitative estimate of drug-likeness (QED) is 0.899. The molecule has 1 aromatic rings. The number of piperidine rings is 1. The summed E-state index contributed by atoms with van der Waals surface area (Å²) in [5, 5.41) is 12.7. The number of nitrogens with two attached hydrogens (primary N) is 1. The van der Waals surface area contributed by atoms with Gasteiger partial charge in [-0.15, -0.1) is 0 Å². The second-order valence-electron chi connectivity index (χ2n) is 6.67. The van der Waals surface area contributed by atoms with Crippen molar-refractivity contribution < 1.29 is 0 Å². The molecule has 0 bridgehead atoms. The molecule has 4 nitrogen and oxygen atoms in total. The molecule has 1 saturated heterocycles. The van der Waals surface area contributed by atoms with E-state index in [1.807, 2.05) is 12.1 Å². The number of nitrogens with zero attached hydrogens (tertiary/aromatic N) is 2. The Hall–Kier alpha value is -1.57. The van der Waals surface area contributed by atoms with Crippen molar-refractivity contribution in [3.05, 3.63) is 29.8 Å². The first-order valence-corrected chi connectivity index (χ1v) is 8.53. The smallest absolute Gasteiger partial charge is 0.0991 e. The average Bonchev–Trinajstić information content (AvgIpc) is 2.57. The van der Waals surface area contributed by atoms with E-state index in [9.17, 15) is 0 Å². The third-order valence-corrected chi connectivity index (χ3v) is 5.05. The Morgan fingerprint density at radius 2 is 1.86 bits per heavy atom. The maximum Gasteiger partial charge on any atom is 0.0991 e. The van der Waals surface area contributed by atoms with Crippen LogP contribution in [0, 0.1) is 11.3 Å². The maximum atomic E-state index is 8.90. The zero-order chi connectivity index (χ0) is 15.4. The van der Waals surface area contributed by atoms with Crippen LogP contribution < -0.4 is 16.0 Å². The topological polar surface area (TPSA) is 65.1 Å². The summed E-state index contributed by atoms with van der Waals surface area (Å²) in [6.45, 7) is 2.13. The lowest BCUT2D eigenvalue weighted by Crippen LogP contribution is -2.55. The van der Waals surface area contributed by atoms with Gasteiger partial charge in [-0.1, -0.05) is 12.8 Å². The van der Waals surface area contributed by atoms with Crippen molar-refractivity contribution in [3.63, 3.8) is 0 Å². The van der Waals surface area contributed by atoms with Gasteiger partial charge >= 0.3 is 0 Å². The molecule has 0 radical (unpaired) electrons. The fourth-order valence-corrected chi connectivity index (χ4v) is 3.76. The van der Waals surface area contributed by atoms with E-state index in [1.54, 1.807) is 0 Å². The lowest BCUT2D eigenvalue weighted by molar-refractivity contribution is 0.282. The minimum atomic E-state index is 0.319. The predicted molar refractivity (Wildman–Crippen MR) is 89.8 cm³/mol. The van der Waals surface area contributed by atoms with Crippen LogP contribution in [0.15, 0.2) is 24.3 Å². The van der Waals surface area contributed by atoms with Gasteiger partial charge < -0.3 is 16.0 Å². The van der Waals surface area contributed by atoms with Gasteiger partial charge in [-0.25, -0.2) is 0 Å². The average molecular weight is 298 g/mol. The Morgan fingerprint density at radius 1 is 1.09 bits per heavy atom. The van der Waals surface area contributed by atoms with Gasteiger partial charge in [0.1, 0.15) is 0 Å². The summed E-state index contributed by atoms with van der Waals surface area (Å²) in [7, 11) is 0. The minimum Gasteiger partial charge on any atom is -0.370 e. The maximum absolute atomic E-state index is 8.90. The van der Waals surface area contributed by atoms with Crippen molar-refractivity contribution in [1.29, 1.82) is 5.26 Å². The molecule has 3 N–H and O–H groups in total. The van der Waals surface area contributed by atoms with Crippen LogP contribution in [0.1, 0.15) is 44.1 Å². The standard InChI is InChI=1S/C18H26N4/c19-12-14-7-9-16(10-8-14)22-11-3-4-15(13-22)21-18-6-2-1-5-17(18)20/h7-10,15,17-18,21H,1-6,11,13,20H2. The summed E-state index contributed by atoms with van der Waals surface area (Å²) in [4.78, 5) is 2.43. The number of benzene rings is 1. The van der Waals surface area contributed by atoms with Gasteiger partial charge in [-0.3, -0.25) is 0 Å². The van der Waals surface area contributed by atoms with Gasteiger partial charge in [-0.05, 0) is 49.9 Å². The summed E-state index contributed by atoms with van der Waals surface area (Å²) in [5.41, 5.74) is 8.21. The van der Waals surface area contributed by atoms with Gasteiger partial charge in [0.15, 0.2) is 0 Å². The third-order valence-electron chi connectivity index (χ3n) is 5.05. The first-order valence-electron chi connectivity index (χ1n) is 8.53. The first kappa shape index (κ1) is 15.3. The minimum absolute atomic E-state index is 0.319. The zero-order valence-corrected chi connectivity index (χ0v) is 13.2. The lowest BCUT2D eigenvalue weighted by Gasteiger charge is -2.39. The molecule has 3 atom stereocenters. The molecule has 1 saturated carbocycles. The highest BCUT2D eigenvalue weighted by Crippen LogP contribution is 2.23. The number of rotatable bonds is 3. The van der Waals surface area contributed by atoms with Gasteiger partial charge in [0.25, 0.3) is 0 Å². The van der Waals surface area contributed by atoms with Gasteiger partial charge in [0.2, 0.25) is 0 Å². The van der Waals surface area contributed by atoms with Crippen LogP contribution in [0.3, 0.4) is 0 Å². The van der Waals surface area contributed by atoms with Gasteiger partial charge in [0, 0.05) is 36.9 Å². The number of nitrogens with one attached hydrogen (secondary N) is 1. The van der Waals surface area contributed by atoms with Gasteiger partial charge in [0.05, 0.1) is 11.6 Å². The van der Waals surface area contributed by atoms with E-state index in [-0.39, 0.29) is 0 Å². The van der Waals surface area contributed by atoms with Crippen molar-refractivity contribution in [2.75, 3.05) is 18.0 Å². The van der Waals surface area contributed by atoms with Crippen molar-refractivity contribution in [3.8, 4) is 6.07 Å². The molecule has 1 heterocycles. The van der Waals surface area contributed by atoms with Crippen molar-refractivity contribution in [1.82, 2.24) is 5.32 Å².